The van der Waals surface area contributed by atoms with E-state index in [0.29, 0.717) is 0 Å². The zero-order valence-electron chi connectivity index (χ0n) is 22.1. The van der Waals surface area contributed by atoms with E-state index in [9.17, 15) is 0 Å². The Morgan fingerprint density at radius 2 is 0.933 bits per heavy atom. The molecule has 0 amide bonds. The van der Waals surface area contributed by atoms with E-state index in [-0.39, 0.29) is 62.3 Å². The molecule has 0 aliphatic rings. The first kappa shape index (κ1) is 37.4. The molecule has 0 radical (unpaired) electrons. The van der Waals surface area contributed by atoms with Gasteiger partial charge < -0.3 is 20.3 Å². The quantitative estimate of drug-likeness (QED) is 0.463. The van der Waals surface area contributed by atoms with Crippen molar-refractivity contribution in [3.8, 4) is 0 Å². The standard InChI is InChI=1S/C19H34N.3C2H6O.Zr/c1-10-17(4,5)14-13-15(18(6,7)11-2)20-16(14)19(8,9)12-3;3*1-2-3;/h13H,10-12H2,1-9H3;3*3H,2H2,1H3;/q-1;;;;. The molecule has 0 saturated carbocycles. The minimum Gasteiger partial charge on any atom is -0.664 e. The molecule has 0 atom stereocenters. The van der Waals surface area contributed by atoms with Crippen molar-refractivity contribution in [2.45, 2.75) is 119 Å². The number of hydrogen-bond donors (Lipinski definition) is 3. The van der Waals surface area contributed by atoms with E-state index in [0.717, 1.165) is 19.3 Å². The maximum atomic E-state index is 7.57. The first-order valence-corrected chi connectivity index (χ1v) is 11.3. The van der Waals surface area contributed by atoms with Crippen LogP contribution in [0.5, 0.6) is 0 Å². The Hall–Kier alpha value is 0.0431. The van der Waals surface area contributed by atoms with Crippen molar-refractivity contribution in [3.63, 3.8) is 0 Å². The molecule has 4 nitrogen and oxygen atoms in total. The van der Waals surface area contributed by atoms with Gasteiger partial charge in [0.2, 0.25) is 0 Å². The van der Waals surface area contributed by atoms with Gasteiger partial charge in [0.1, 0.15) is 0 Å². The first-order valence-electron chi connectivity index (χ1n) is 11.3. The number of aliphatic hydroxyl groups excluding tert-OH is 3. The zero-order valence-corrected chi connectivity index (χ0v) is 24.6. The van der Waals surface area contributed by atoms with Crippen molar-refractivity contribution < 1.29 is 41.5 Å². The maximum absolute atomic E-state index is 7.57. The van der Waals surface area contributed by atoms with E-state index < -0.39 is 0 Å². The summed E-state index contributed by atoms with van der Waals surface area (Å²) in [6.07, 6.45) is 3.41. The summed E-state index contributed by atoms with van der Waals surface area (Å²) in [6.45, 7) is 26.6. The van der Waals surface area contributed by atoms with Crippen LogP contribution in [-0.4, -0.2) is 35.1 Å². The molecular weight excluding hydrogens is 454 g/mol. The number of aromatic nitrogens is 1. The van der Waals surface area contributed by atoms with Gasteiger partial charge in [0.25, 0.3) is 0 Å². The Labute approximate surface area is 207 Å². The molecule has 0 bridgehead atoms. The second kappa shape index (κ2) is 18.6. The van der Waals surface area contributed by atoms with Crippen molar-refractivity contribution in [2.24, 2.45) is 0 Å². The third-order valence-corrected chi connectivity index (χ3v) is 5.48. The zero-order chi connectivity index (χ0) is 23.9. The summed E-state index contributed by atoms with van der Waals surface area (Å²) in [7, 11) is 0. The van der Waals surface area contributed by atoms with Gasteiger partial charge in [0.05, 0.1) is 0 Å². The third kappa shape index (κ3) is 13.5. The molecular formula is C25H52NO3Zr-. The average molecular weight is 506 g/mol. The summed E-state index contributed by atoms with van der Waals surface area (Å²) < 4.78 is 0. The van der Waals surface area contributed by atoms with E-state index in [2.05, 4.69) is 68.4 Å². The van der Waals surface area contributed by atoms with Crippen LogP contribution in [0.1, 0.15) is 119 Å². The predicted molar refractivity (Wildman–Crippen MR) is 128 cm³/mol. The summed E-state index contributed by atoms with van der Waals surface area (Å²) in [5.41, 5.74) is 4.58. The van der Waals surface area contributed by atoms with Crippen molar-refractivity contribution in [3.05, 3.63) is 23.0 Å². The van der Waals surface area contributed by atoms with Crippen molar-refractivity contribution in [2.75, 3.05) is 19.8 Å². The van der Waals surface area contributed by atoms with Crippen LogP contribution in [-0.2, 0) is 42.4 Å². The minimum absolute atomic E-state index is 0. The maximum Gasteiger partial charge on any atom is 0.0402 e. The van der Waals surface area contributed by atoms with Gasteiger partial charge in [-0.2, -0.15) is 11.4 Å². The molecule has 0 spiro atoms. The molecule has 0 aliphatic heterocycles. The molecule has 0 aliphatic carbocycles. The molecule has 1 rings (SSSR count). The van der Waals surface area contributed by atoms with Gasteiger partial charge in [-0.15, -0.1) is 0 Å². The Morgan fingerprint density at radius 1 is 0.633 bits per heavy atom. The Bertz CT molecular complexity index is 470. The molecule has 0 aromatic carbocycles. The molecule has 180 valence electrons. The van der Waals surface area contributed by atoms with Gasteiger partial charge in [0, 0.05) is 46.0 Å². The van der Waals surface area contributed by atoms with Gasteiger partial charge in [0.15, 0.2) is 0 Å². The molecule has 30 heavy (non-hydrogen) atoms. The van der Waals surface area contributed by atoms with Crippen LogP contribution >= 0.6 is 0 Å². The first-order chi connectivity index (χ1) is 13.3. The Morgan fingerprint density at radius 3 is 1.20 bits per heavy atom. The normalized spacial score (nSPS) is 11.0. The number of rotatable bonds is 6. The second-order valence-electron chi connectivity index (χ2n) is 9.06. The molecule has 5 heteroatoms. The van der Waals surface area contributed by atoms with Crippen LogP contribution in [0.25, 0.3) is 0 Å². The van der Waals surface area contributed by atoms with E-state index >= 15 is 0 Å². The van der Waals surface area contributed by atoms with Crippen LogP contribution in [0.2, 0.25) is 0 Å². The minimum atomic E-state index is 0. The van der Waals surface area contributed by atoms with Gasteiger partial charge in [-0.05, 0) is 56.3 Å². The van der Waals surface area contributed by atoms with Gasteiger partial charge in [-0.25, -0.2) is 0 Å². The SMILES string of the molecule is CCC(C)(C)c1cc(C(C)(C)CC)c(C(C)(C)CC)[n-]1.CCO.CCO.CCO.[Zr]. The average Bonchev–Trinajstić information content (AvgIpc) is 3.12. The summed E-state index contributed by atoms with van der Waals surface area (Å²) in [5, 5.41) is 22.7. The van der Waals surface area contributed by atoms with Crippen LogP contribution in [0, 0.1) is 0 Å². The molecule has 1 heterocycles. The summed E-state index contributed by atoms with van der Waals surface area (Å²) in [6, 6.07) is 2.39. The van der Waals surface area contributed by atoms with Gasteiger partial charge in [-0.1, -0.05) is 73.9 Å². The van der Waals surface area contributed by atoms with E-state index in [1.54, 1.807) is 20.8 Å². The monoisotopic (exact) mass is 504 g/mol. The smallest absolute Gasteiger partial charge is 0.0402 e. The van der Waals surface area contributed by atoms with Crippen molar-refractivity contribution >= 4 is 0 Å². The number of hydrogen-bond acceptors (Lipinski definition) is 3. The molecule has 1 aromatic heterocycles. The fourth-order valence-corrected chi connectivity index (χ4v) is 2.34. The van der Waals surface area contributed by atoms with Crippen molar-refractivity contribution in [1.29, 1.82) is 0 Å². The molecule has 0 unspecified atom stereocenters. The largest absolute Gasteiger partial charge is 0.664 e. The number of nitrogens with zero attached hydrogens (tertiary/aromatic N) is 1. The van der Waals surface area contributed by atoms with Crippen LogP contribution in [0.15, 0.2) is 6.07 Å². The third-order valence-electron chi connectivity index (χ3n) is 5.48. The van der Waals surface area contributed by atoms with Crippen LogP contribution < -0.4 is 4.98 Å². The van der Waals surface area contributed by atoms with Gasteiger partial charge >= 0.3 is 0 Å². The van der Waals surface area contributed by atoms with E-state index in [1.165, 1.54) is 17.0 Å². The summed E-state index contributed by atoms with van der Waals surface area (Å²) in [4.78, 5) is 5.11. The molecule has 0 saturated heterocycles. The van der Waals surface area contributed by atoms with Crippen molar-refractivity contribution in [1.82, 2.24) is 4.98 Å². The second-order valence-corrected chi connectivity index (χ2v) is 9.06. The van der Waals surface area contributed by atoms with Gasteiger partial charge in [-0.3, -0.25) is 0 Å². The van der Waals surface area contributed by atoms with Crippen LogP contribution in [0.3, 0.4) is 0 Å². The van der Waals surface area contributed by atoms with Crippen LogP contribution in [0.4, 0.5) is 0 Å². The Kier molecular flexibility index (Phi) is 23.2. The molecule has 0 fully saturated rings. The number of aliphatic hydroxyl groups is 3. The predicted octanol–water partition coefficient (Wildman–Crippen LogP) is 5.70. The fourth-order valence-electron chi connectivity index (χ4n) is 2.34. The molecule has 1 aromatic rings. The van der Waals surface area contributed by atoms with E-state index in [1.807, 2.05) is 0 Å². The Balaban J connectivity index is -0.000000289. The van der Waals surface area contributed by atoms with E-state index in [4.69, 9.17) is 20.3 Å². The summed E-state index contributed by atoms with van der Waals surface area (Å²) in [5.74, 6) is 0. The molecule has 3 N–H and O–H groups in total. The fraction of sp³-hybridized carbons (Fsp3) is 0.840. The topological polar surface area (TPSA) is 74.8 Å². The summed E-state index contributed by atoms with van der Waals surface area (Å²) >= 11 is 0.